The minimum Gasteiger partial charge on any atom is -0.490 e. The summed E-state index contributed by atoms with van der Waals surface area (Å²) in [5, 5.41) is 1.69. The fourth-order valence-electron chi connectivity index (χ4n) is 3.03. The van der Waals surface area contributed by atoms with Gasteiger partial charge in [-0.05, 0) is 54.6 Å². The van der Waals surface area contributed by atoms with E-state index in [2.05, 4.69) is 15.9 Å². The van der Waals surface area contributed by atoms with Crippen molar-refractivity contribution in [2.24, 2.45) is 0 Å². The maximum absolute atomic E-state index is 13.2. The van der Waals surface area contributed by atoms with E-state index < -0.39 is 0 Å². The minimum atomic E-state index is -0.119. The van der Waals surface area contributed by atoms with Gasteiger partial charge < -0.3 is 4.74 Å². The van der Waals surface area contributed by atoms with Gasteiger partial charge in [0.1, 0.15) is 18.2 Å². The van der Waals surface area contributed by atoms with Crippen LogP contribution < -0.4 is 10.3 Å². The van der Waals surface area contributed by atoms with Crippen LogP contribution in [0.3, 0.4) is 0 Å². The van der Waals surface area contributed by atoms with Crippen LogP contribution in [0.1, 0.15) is 0 Å². The number of para-hydroxylation sites is 1. The van der Waals surface area contributed by atoms with E-state index in [4.69, 9.17) is 32.9 Å². The topological polar surface area (TPSA) is 44.1 Å². The number of hydrogen-bond acceptors (Lipinski definition) is 3. The maximum Gasteiger partial charge on any atom is 0.261 e. The van der Waals surface area contributed by atoms with E-state index in [1.807, 2.05) is 36.4 Å². The van der Waals surface area contributed by atoms with E-state index in [0.717, 1.165) is 10.0 Å². The molecule has 0 fully saturated rings. The highest BCUT2D eigenvalue weighted by atomic mass is 79.9. The first-order chi connectivity index (χ1) is 14.0. The van der Waals surface area contributed by atoms with Crippen molar-refractivity contribution in [3.63, 3.8) is 0 Å². The second kappa shape index (κ2) is 8.57. The molecule has 0 bridgehead atoms. The second-order valence-corrected chi connectivity index (χ2v) is 8.10. The van der Waals surface area contributed by atoms with Crippen molar-refractivity contribution >= 4 is 50.0 Å². The van der Waals surface area contributed by atoms with Crippen LogP contribution in [-0.4, -0.2) is 16.2 Å². The molecule has 0 spiro atoms. The van der Waals surface area contributed by atoms with E-state index in [-0.39, 0.29) is 12.2 Å². The van der Waals surface area contributed by atoms with Gasteiger partial charge in [-0.3, -0.25) is 9.36 Å². The van der Waals surface area contributed by atoms with Gasteiger partial charge in [0.05, 0.1) is 22.5 Å². The molecule has 0 atom stereocenters. The number of halogens is 3. The molecule has 146 valence electrons. The summed E-state index contributed by atoms with van der Waals surface area (Å²) in [6.45, 7) is 0.586. The van der Waals surface area contributed by atoms with E-state index >= 15 is 0 Å². The van der Waals surface area contributed by atoms with Gasteiger partial charge in [0.25, 0.3) is 5.56 Å². The van der Waals surface area contributed by atoms with Crippen molar-refractivity contribution in [1.82, 2.24) is 9.55 Å². The fourth-order valence-corrected chi connectivity index (χ4v) is 3.89. The number of hydrogen-bond donors (Lipinski definition) is 0. The summed E-state index contributed by atoms with van der Waals surface area (Å²) >= 11 is 15.6. The predicted octanol–water partition coefficient (Wildman–Crippen LogP) is 6.21. The Morgan fingerprint density at radius 2 is 1.76 bits per heavy atom. The average molecular weight is 490 g/mol. The Balaban J connectivity index is 1.71. The van der Waals surface area contributed by atoms with Gasteiger partial charge in [0.2, 0.25) is 0 Å². The van der Waals surface area contributed by atoms with Crippen LogP contribution in [0.15, 0.2) is 76.0 Å². The van der Waals surface area contributed by atoms with Crippen LogP contribution in [0.2, 0.25) is 10.0 Å². The van der Waals surface area contributed by atoms with Crippen molar-refractivity contribution < 1.29 is 4.74 Å². The molecule has 1 heterocycles. The molecule has 29 heavy (non-hydrogen) atoms. The van der Waals surface area contributed by atoms with Crippen molar-refractivity contribution in [3.05, 3.63) is 91.6 Å². The zero-order valence-corrected chi connectivity index (χ0v) is 18.2. The van der Waals surface area contributed by atoms with Crippen LogP contribution in [0.5, 0.6) is 5.75 Å². The molecule has 0 saturated carbocycles. The standard InChI is InChI=1S/C22H15BrCl2N2O2/c23-15-7-10-20(18(25)13-15)29-12-11-27-21(14-5-8-16(24)9-6-14)26-19-4-2-1-3-17(19)22(27)28/h1-10,13H,11-12H2. The van der Waals surface area contributed by atoms with Crippen LogP contribution in [0.25, 0.3) is 22.3 Å². The molecule has 0 amide bonds. The second-order valence-electron chi connectivity index (χ2n) is 6.34. The number of rotatable bonds is 5. The Labute approximate surface area is 185 Å². The first-order valence-corrected chi connectivity index (χ1v) is 10.4. The van der Waals surface area contributed by atoms with Crippen LogP contribution in [0, 0.1) is 0 Å². The highest BCUT2D eigenvalue weighted by Gasteiger charge is 2.13. The van der Waals surface area contributed by atoms with Crippen molar-refractivity contribution in [2.45, 2.75) is 6.54 Å². The van der Waals surface area contributed by atoms with Gasteiger partial charge in [0, 0.05) is 15.1 Å². The normalized spacial score (nSPS) is 11.0. The van der Waals surface area contributed by atoms with Crippen molar-refractivity contribution in [3.8, 4) is 17.1 Å². The summed E-state index contributed by atoms with van der Waals surface area (Å²) in [7, 11) is 0. The average Bonchev–Trinajstić information content (AvgIpc) is 2.71. The molecule has 0 unspecified atom stereocenters. The Kier molecular flexibility index (Phi) is 5.90. The Morgan fingerprint density at radius 1 is 1.00 bits per heavy atom. The Morgan fingerprint density at radius 3 is 2.52 bits per heavy atom. The van der Waals surface area contributed by atoms with E-state index in [1.165, 1.54) is 0 Å². The largest absolute Gasteiger partial charge is 0.490 e. The molecule has 0 aliphatic carbocycles. The van der Waals surface area contributed by atoms with Crippen molar-refractivity contribution in [1.29, 1.82) is 0 Å². The molecule has 0 aliphatic rings. The number of fused-ring (bicyclic) bond motifs is 1. The van der Waals surface area contributed by atoms with Crippen LogP contribution in [-0.2, 0) is 6.54 Å². The zero-order chi connectivity index (χ0) is 20.4. The molecule has 1 aromatic heterocycles. The minimum absolute atomic E-state index is 0.119. The zero-order valence-electron chi connectivity index (χ0n) is 15.1. The van der Waals surface area contributed by atoms with Crippen LogP contribution in [0.4, 0.5) is 0 Å². The third-order valence-corrected chi connectivity index (χ3v) is 5.47. The lowest BCUT2D eigenvalue weighted by atomic mass is 10.2. The van der Waals surface area contributed by atoms with Gasteiger partial charge in [0.15, 0.2) is 0 Å². The molecular weight excluding hydrogens is 475 g/mol. The molecule has 3 aromatic carbocycles. The fraction of sp³-hybridized carbons (Fsp3) is 0.0909. The molecule has 4 rings (SSSR count). The van der Waals surface area contributed by atoms with Crippen molar-refractivity contribution in [2.75, 3.05) is 6.61 Å². The molecule has 4 nitrogen and oxygen atoms in total. The first-order valence-electron chi connectivity index (χ1n) is 8.86. The van der Waals surface area contributed by atoms with Gasteiger partial charge >= 0.3 is 0 Å². The lowest BCUT2D eigenvalue weighted by Crippen LogP contribution is -2.26. The molecule has 0 saturated heterocycles. The lowest BCUT2D eigenvalue weighted by Gasteiger charge is -2.15. The highest BCUT2D eigenvalue weighted by Crippen LogP contribution is 2.28. The maximum atomic E-state index is 13.2. The lowest BCUT2D eigenvalue weighted by molar-refractivity contribution is 0.297. The van der Waals surface area contributed by atoms with Gasteiger partial charge in [-0.15, -0.1) is 0 Å². The quantitative estimate of drug-likeness (QED) is 0.334. The molecule has 0 aliphatic heterocycles. The predicted molar refractivity (Wildman–Crippen MR) is 121 cm³/mol. The summed E-state index contributed by atoms with van der Waals surface area (Å²) in [5.41, 5.74) is 1.33. The van der Waals surface area contributed by atoms with Gasteiger partial charge in [-0.1, -0.05) is 51.3 Å². The molecule has 4 aromatic rings. The van der Waals surface area contributed by atoms with E-state index in [9.17, 15) is 4.79 Å². The summed E-state index contributed by atoms with van der Waals surface area (Å²) in [6, 6.07) is 20.0. The van der Waals surface area contributed by atoms with E-state index in [0.29, 0.717) is 39.1 Å². The number of ether oxygens (including phenoxy) is 1. The van der Waals surface area contributed by atoms with Gasteiger partial charge in [-0.25, -0.2) is 4.98 Å². The summed E-state index contributed by atoms with van der Waals surface area (Å²) in [5.74, 6) is 1.13. The van der Waals surface area contributed by atoms with Crippen LogP contribution >= 0.6 is 39.1 Å². The molecule has 0 N–H and O–H groups in total. The van der Waals surface area contributed by atoms with Gasteiger partial charge in [-0.2, -0.15) is 0 Å². The molecule has 0 radical (unpaired) electrons. The number of benzene rings is 3. The number of nitrogens with zero attached hydrogens (tertiary/aromatic N) is 2. The third-order valence-electron chi connectivity index (χ3n) is 4.43. The SMILES string of the molecule is O=c1c2ccccc2nc(-c2ccc(Cl)cc2)n1CCOc1ccc(Br)cc1Cl. The highest BCUT2D eigenvalue weighted by molar-refractivity contribution is 9.10. The summed E-state index contributed by atoms with van der Waals surface area (Å²) in [4.78, 5) is 17.9. The first kappa shape index (κ1) is 20.0. The van der Waals surface area contributed by atoms with E-state index in [1.54, 1.807) is 34.9 Å². The Hall–Kier alpha value is -2.34. The smallest absolute Gasteiger partial charge is 0.261 e. The molecule has 7 heteroatoms. The molecular formula is C22H15BrCl2N2O2. The summed E-state index contributed by atoms with van der Waals surface area (Å²) < 4.78 is 8.30. The number of aromatic nitrogens is 2. The summed E-state index contributed by atoms with van der Waals surface area (Å²) in [6.07, 6.45) is 0. The Bertz CT molecular complexity index is 1240. The monoisotopic (exact) mass is 488 g/mol. The third kappa shape index (κ3) is 4.32.